The smallest absolute Gasteiger partial charge is 0.253 e. The molecule has 0 bridgehead atoms. The number of carbonyl (C=O) groups excluding carboxylic acids is 1. The molecule has 0 aromatic heterocycles. The van der Waals surface area contributed by atoms with E-state index < -0.39 is 0 Å². The van der Waals surface area contributed by atoms with Gasteiger partial charge in [-0.3, -0.25) is 4.79 Å². The molecule has 1 fully saturated rings. The maximum atomic E-state index is 13.1. The largest absolute Gasteiger partial charge is 0.381 e. The molecule has 0 saturated carbocycles. The Balaban J connectivity index is 1.33. The third-order valence-corrected chi connectivity index (χ3v) is 6.32. The molecule has 160 valence electrons. The lowest BCUT2D eigenvalue weighted by atomic mass is 9.90. The van der Waals surface area contributed by atoms with Gasteiger partial charge in [0.25, 0.3) is 5.91 Å². The molecule has 1 heterocycles. The molecule has 3 heteroatoms. The number of likely N-dealkylation sites (tertiary alicyclic amines) is 1. The summed E-state index contributed by atoms with van der Waals surface area (Å²) in [6, 6.07) is 27.2. The van der Waals surface area contributed by atoms with Crippen molar-refractivity contribution in [3.05, 3.63) is 101 Å². The standard InChI is InChI=1S/C28H32N2O/c1-2-25-12-6-7-14-27(25)29-21-24-11-8-13-26(20-24)28(31)30-17-15-23(16-18-30)19-22-9-4-3-5-10-22/h3-14,20,23,29H,2,15-19,21H2,1H3. The second kappa shape index (κ2) is 10.3. The SMILES string of the molecule is CCc1ccccc1NCc1cccc(C(=O)N2CCC(Cc3ccccc3)CC2)c1. The molecule has 1 aliphatic heterocycles. The molecule has 0 unspecified atom stereocenters. The predicted molar refractivity (Wildman–Crippen MR) is 128 cm³/mol. The molecule has 0 spiro atoms. The molecule has 0 atom stereocenters. The normalized spacial score (nSPS) is 14.4. The second-order valence-corrected chi connectivity index (χ2v) is 8.49. The Kier molecular flexibility index (Phi) is 7.03. The molecule has 31 heavy (non-hydrogen) atoms. The van der Waals surface area contributed by atoms with Crippen molar-refractivity contribution in [3.8, 4) is 0 Å². The van der Waals surface area contributed by atoms with Crippen molar-refractivity contribution in [3.63, 3.8) is 0 Å². The zero-order valence-corrected chi connectivity index (χ0v) is 18.4. The van der Waals surface area contributed by atoms with Crippen LogP contribution >= 0.6 is 0 Å². The van der Waals surface area contributed by atoms with Gasteiger partial charge in [0.05, 0.1) is 0 Å². The van der Waals surface area contributed by atoms with E-state index in [0.717, 1.165) is 56.4 Å². The maximum Gasteiger partial charge on any atom is 0.253 e. The molecular formula is C28H32N2O. The number of benzene rings is 3. The van der Waals surface area contributed by atoms with E-state index in [9.17, 15) is 4.79 Å². The van der Waals surface area contributed by atoms with E-state index in [2.05, 4.69) is 72.9 Å². The van der Waals surface area contributed by atoms with Crippen LogP contribution in [0.4, 0.5) is 5.69 Å². The molecule has 1 aliphatic rings. The van der Waals surface area contributed by atoms with E-state index in [4.69, 9.17) is 0 Å². The van der Waals surface area contributed by atoms with Crippen LogP contribution in [0.5, 0.6) is 0 Å². The van der Waals surface area contributed by atoms with Crippen LogP contribution in [-0.2, 0) is 19.4 Å². The Labute approximate surface area is 186 Å². The minimum Gasteiger partial charge on any atom is -0.381 e. The van der Waals surface area contributed by atoms with Gasteiger partial charge < -0.3 is 10.2 Å². The van der Waals surface area contributed by atoms with E-state index in [0.29, 0.717) is 5.92 Å². The summed E-state index contributed by atoms with van der Waals surface area (Å²) in [6.45, 7) is 4.59. The Morgan fingerprint density at radius 1 is 0.903 bits per heavy atom. The third kappa shape index (κ3) is 5.55. The van der Waals surface area contributed by atoms with Crippen molar-refractivity contribution >= 4 is 11.6 Å². The highest BCUT2D eigenvalue weighted by atomic mass is 16.2. The van der Waals surface area contributed by atoms with Crippen LogP contribution in [0.3, 0.4) is 0 Å². The lowest BCUT2D eigenvalue weighted by molar-refractivity contribution is 0.0690. The fraction of sp³-hybridized carbons (Fsp3) is 0.321. The van der Waals surface area contributed by atoms with Crippen LogP contribution < -0.4 is 5.32 Å². The molecule has 3 nitrogen and oxygen atoms in total. The van der Waals surface area contributed by atoms with Crippen LogP contribution in [0.1, 0.15) is 46.8 Å². The van der Waals surface area contributed by atoms with E-state index in [1.54, 1.807) is 0 Å². The number of hydrogen-bond donors (Lipinski definition) is 1. The number of carbonyl (C=O) groups is 1. The highest BCUT2D eigenvalue weighted by Gasteiger charge is 2.23. The van der Waals surface area contributed by atoms with Gasteiger partial charge >= 0.3 is 0 Å². The number of hydrogen-bond acceptors (Lipinski definition) is 2. The quantitative estimate of drug-likeness (QED) is 0.520. The van der Waals surface area contributed by atoms with Gasteiger partial charge in [0.1, 0.15) is 0 Å². The van der Waals surface area contributed by atoms with Gasteiger partial charge in [0, 0.05) is 30.9 Å². The molecule has 0 radical (unpaired) electrons. The van der Waals surface area contributed by atoms with Gasteiger partial charge in [-0.15, -0.1) is 0 Å². The molecule has 0 aliphatic carbocycles. The summed E-state index contributed by atoms with van der Waals surface area (Å²) in [6.07, 6.45) is 4.27. The van der Waals surface area contributed by atoms with Crippen molar-refractivity contribution in [2.45, 2.75) is 39.2 Å². The van der Waals surface area contributed by atoms with Crippen molar-refractivity contribution in [2.24, 2.45) is 5.92 Å². The van der Waals surface area contributed by atoms with Crippen LogP contribution in [0.25, 0.3) is 0 Å². The first-order valence-electron chi connectivity index (χ1n) is 11.5. The van der Waals surface area contributed by atoms with Crippen molar-refractivity contribution < 1.29 is 4.79 Å². The molecular weight excluding hydrogens is 380 g/mol. The molecule has 3 aromatic carbocycles. The van der Waals surface area contributed by atoms with E-state index in [-0.39, 0.29) is 5.91 Å². The topological polar surface area (TPSA) is 32.3 Å². The van der Waals surface area contributed by atoms with Crippen molar-refractivity contribution in [1.29, 1.82) is 0 Å². The van der Waals surface area contributed by atoms with Gasteiger partial charge in [-0.2, -0.15) is 0 Å². The third-order valence-electron chi connectivity index (χ3n) is 6.32. The number of nitrogens with one attached hydrogen (secondary N) is 1. The van der Waals surface area contributed by atoms with Crippen molar-refractivity contribution in [1.82, 2.24) is 4.90 Å². The van der Waals surface area contributed by atoms with Gasteiger partial charge in [0.15, 0.2) is 0 Å². The number of nitrogens with zero attached hydrogens (tertiary/aromatic N) is 1. The average molecular weight is 413 g/mol. The molecule has 1 amide bonds. The average Bonchev–Trinajstić information content (AvgIpc) is 2.84. The first-order chi connectivity index (χ1) is 15.2. The first-order valence-corrected chi connectivity index (χ1v) is 11.5. The van der Waals surface area contributed by atoms with Gasteiger partial charge in [0.2, 0.25) is 0 Å². The minimum absolute atomic E-state index is 0.161. The van der Waals surface area contributed by atoms with Crippen LogP contribution in [0.15, 0.2) is 78.9 Å². The summed E-state index contributed by atoms with van der Waals surface area (Å²) in [4.78, 5) is 15.1. The summed E-state index contributed by atoms with van der Waals surface area (Å²) in [5.41, 5.74) is 5.81. The number of anilines is 1. The number of amides is 1. The summed E-state index contributed by atoms with van der Waals surface area (Å²) >= 11 is 0. The van der Waals surface area contributed by atoms with E-state index in [1.165, 1.54) is 16.8 Å². The maximum absolute atomic E-state index is 13.1. The summed E-state index contributed by atoms with van der Waals surface area (Å²) in [5.74, 6) is 0.828. The van der Waals surface area contributed by atoms with Crippen LogP contribution in [0.2, 0.25) is 0 Å². The number of piperidine rings is 1. The fourth-order valence-corrected chi connectivity index (χ4v) is 4.48. The highest BCUT2D eigenvalue weighted by Crippen LogP contribution is 2.23. The van der Waals surface area contributed by atoms with Crippen molar-refractivity contribution in [2.75, 3.05) is 18.4 Å². The number of para-hydroxylation sites is 1. The lowest BCUT2D eigenvalue weighted by Gasteiger charge is -2.32. The minimum atomic E-state index is 0.161. The van der Waals surface area contributed by atoms with Crippen LogP contribution in [0, 0.1) is 5.92 Å². The predicted octanol–water partition coefficient (Wildman–Crippen LogP) is 5.96. The molecule has 3 aromatic rings. The second-order valence-electron chi connectivity index (χ2n) is 8.49. The summed E-state index contributed by atoms with van der Waals surface area (Å²) in [7, 11) is 0. The molecule has 4 rings (SSSR count). The molecule has 1 N–H and O–H groups in total. The number of aryl methyl sites for hydroxylation is 1. The Morgan fingerprint density at radius 3 is 2.39 bits per heavy atom. The Morgan fingerprint density at radius 2 is 1.61 bits per heavy atom. The van der Waals surface area contributed by atoms with E-state index in [1.807, 2.05) is 23.1 Å². The lowest BCUT2D eigenvalue weighted by Crippen LogP contribution is -2.38. The summed E-state index contributed by atoms with van der Waals surface area (Å²) < 4.78 is 0. The monoisotopic (exact) mass is 412 g/mol. The number of rotatable bonds is 7. The highest BCUT2D eigenvalue weighted by molar-refractivity contribution is 5.94. The van der Waals surface area contributed by atoms with Gasteiger partial charge in [-0.05, 0) is 66.5 Å². The first kappa shape index (κ1) is 21.2. The zero-order chi connectivity index (χ0) is 21.5. The van der Waals surface area contributed by atoms with Crippen LogP contribution in [-0.4, -0.2) is 23.9 Å². The Hall–Kier alpha value is -3.07. The fourth-order valence-electron chi connectivity index (χ4n) is 4.48. The van der Waals surface area contributed by atoms with Gasteiger partial charge in [-0.25, -0.2) is 0 Å². The zero-order valence-electron chi connectivity index (χ0n) is 18.4. The van der Waals surface area contributed by atoms with E-state index >= 15 is 0 Å². The molecule has 1 saturated heterocycles. The van der Waals surface area contributed by atoms with Gasteiger partial charge in [-0.1, -0.05) is 67.6 Å². The Bertz CT molecular complexity index is 991. The summed E-state index contributed by atoms with van der Waals surface area (Å²) in [5, 5.41) is 3.53.